The number of aliphatic hydroxyl groups excluding tert-OH is 1. The van der Waals surface area contributed by atoms with E-state index in [4.69, 9.17) is 10.2 Å². The van der Waals surface area contributed by atoms with Crippen LogP contribution in [-0.2, 0) is 6.54 Å². The number of benzene rings is 1. The zero-order chi connectivity index (χ0) is 15.8. The fraction of sp³-hybridized carbons (Fsp3) is 0.429. The lowest BCUT2D eigenvalue weighted by Gasteiger charge is -2.17. The summed E-state index contributed by atoms with van der Waals surface area (Å²) in [7, 11) is 0. The quantitative estimate of drug-likeness (QED) is 0.889. The van der Waals surface area contributed by atoms with E-state index in [1.54, 1.807) is 19.9 Å². The molecule has 0 aliphatic carbocycles. The van der Waals surface area contributed by atoms with Crippen molar-refractivity contribution >= 4 is 17.0 Å². The molecule has 0 unspecified atom stereocenters. The van der Waals surface area contributed by atoms with Gasteiger partial charge in [-0.25, -0.2) is 18.6 Å². The van der Waals surface area contributed by atoms with E-state index < -0.39 is 25.0 Å². The van der Waals surface area contributed by atoms with E-state index in [1.165, 1.54) is 16.7 Å². The van der Waals surface area contributed by atoms with Gasteiger partial charge in [0.2, 0.25) is 0 Å². The Balaban J connectivity index is 2.69. The first kappa shape index (κ1) is 15.4. The van der Waals surface area contributed by atoms with Gasteiger partial charge >= 0.3 is 5.97 Å². The van der Waals surface area contributed by atoms with Gasteiger partial charge in [0, 0.05) is 5.92 Å². The van der Waals surface area contributed by atoms with Crippen LogP contribution >= 0.6 is 0 Å². The summed E-state index contributed by atoms with van der Waals surface area (Å²) in [6, 6.07) is 4.43. The number of para-hydroxylation sites is 1. The van der Waals surface area contributed by atoms with Crippen molar-refractivity contribution in [2.75, 3.05) is 6.61 Å². The Morgan fingerprint density at radius 1 is 1.43 bits per heavy atom. The number of nitrogens with zero attached hydrogens (tertiary/aromatic N) is 2. The predicted octanol–water partition coefficient (Wildman–Crippen LogP) is 2.49. The third-order valence-corrected chi connectivity index (χ3v) is 3.18. The van der Waals surface area contributed by atoms with Crippen LogP contribution in [0.4, 0.5) is 8.78 Å². The minimum absolute atomic E-state index is 0.0273. The molecule has 7 heteroatoms. The molecule has 5 nitrogen and oxygen atoms in total. The number of alkyl halides is 2. The first-order valence-corrected chi connectivity index (χ1v) is 6.48. The van der Waals surface area contributed by atoms with Crippen LogP contribution in [0.5, 0.6) is 0 Å². The van der Waals surface area contributed by atoms with E-state index in [-0.39, 0.29) is 17.0 Å². The molecule has 21 heavy (non-hydrogen) atoms. The minimum atomic E-state index is -3.30. The van der Waals surface area contributed by atoms with Crippen LogP contribution in [0.2, 0.25) is 0 Å². The van der Waals surface area contributed by atoms with Gasteiger partial charge in [-0.3, -0.25) is 0 Å². The van der Waals surface area contributed by atoms with E-state index in [2.05, 4.69) is 4.98 Å². The van der Waals surface area contributed by atoms with Crippen LogP contribution in [0.25, 0.3) is 11.0 Å². The third kappa shape index (κ3) is 2.87. The van der Waals surface area contributed by atoms with Gasteiger partial charge in [-0.2, -0.15) is 0 Å². The summed E-state index contributed by atoms with van der Waals surface area (Å²) in [6.07, 6.45) is 0. The lowest BCUT2D eigenvalue weighted by molar-refractivity contribution is -0.0627. The molecule has 1 heterocycles. The average molecular weight is 298 g/mol. The number of hydrogen-bond acceptors (Lipinski definition) is 3. The molecule has 0 aliphatic heterocycles. The maximum atomic E-state index is 13.5. The SMILES string of the molecule is CC(C)c1nc2c(C(=O)O)cccc2n1CC(F)(F)CO. The van der Waals surface area contributed by atoms with Gasteiger partial charge < -0.3 is 14.8 Å². The molecule has 0 radical (unpaired) electrons. The Bertz CT molecular complexity index is 680. The standard InChI is InChI=1S/C14H16F2N2O3/c1-8(2)12-17-11-9(13(20)21)4-3-5-10(11)18(12)6-14(15,16)7-19/h3-5,8,19H,6-7H2,1-2H3,(H,20,21). The fourth-order valence-electron chi connectivity index (χ4n) is 2.23. The Hall–Kier alpha value is -2.02. The van der Waals surface area contributed by atoms with Crippen molar-refractivity contribution < 1.29 is 23.8 Å². The Kier molecular flexibility index (Phi) is 3.95. The number of fused-ring (bicyclic) bond motifs is 1. The van der Waals surface area contributed by atoms with Gasteiger partial charge in [-0.05, 0) is 12.1 Å². The van der Waals surface area contributed by atoms with E-state index in [9.17, 15) is 13.6 Å². The van der Waals surface area contributed by atoms with Crippen LogP contribution in [0.1, 0.15) is 35.9 Å². The van der Waals surface area contributed by atoms with Gasteiger partial charge in [-0.15, -0.1) is 0 Å². The lowest BCUT2D eigenvalue weighted by Crippen LogP contribution is -2.29. The highest BCUT2D eigenvalue weighted by molar-refractivity contribution is 6.01. The van der Waals surface area contributed by atoms with Crippen LogP contribution in [0.15, 0.2) is 18.2 Å². The van der Waals surface area contributed by atoms with Crippen molar-refractivity contribution in [1.29, 1.82) is 0 Å². The fourth-order valence-corrected chi connectivity index (χ4v) is 2.23. The topological polar surface area (TPSA) is 75.3 Å². The van der Waals surface area contributed by atoms with E-state index in [0.717, 1.165) is 0 Å². The molecule has 0 atom stereocenters. The summed E-state index contributed by atoms with van der Waals surface area (Å²) in [5.74, 6) is -4.24. The molecule has 0 spiro atoms. The maximum absolute atomic E-state index is 13.5. The van der Waals surface area contributed by atoms with Crippen LogP contribution < -0.4 is 0 Å². The van der Waals surface area contributed by atoms with Crippen molar-refractivity contribution in [2.45, 2.75) is 32.2 Å². The van der Waals surface area contributed by atoms with E-state index >= 15 is 0 Å². The van der Waals surface area contributed by atoms with Crippen LogP contribution in [0, 0.1) is 0 Å². The molecule has 0 fully saturated rings. The summed E-state index contributed by atoms with van der Waals surface area (Å²) in [5.41, 5.74) is 0.481. The lowest BCUT2D eigenvalue weighted by atomic mass is 10.2. The predicted molar refractivity (Wildman–Crippen MR) is 72.8 cm³/mol. The van der Waals surface area contributed by atoms with Gasteiger partial charge in [0.15, 0.2) is 0 Å². The zero-order valence-corrected chi connectivity index (χ0v) is 11.7. The third-order valence-electron chi connectivity index (χ3n) is 3.18. The number of carbonyl (C=O) groups is 1. The van der Waals surface area contributed by atoms with Crippen molar-refractivity contribution in [1.82, 2.24) is 9.55 Å². The highest BCUT2D eigenvalue weighted by Gasteiger charge is 2.31. The molecule has 1 aromatic heterocycles. The molecule has 2 rings (SSSR count). The van der Waals surface area contributed by atoms with Gasteiger partial charge in [0.25, 0.3) is 5.92 Å². The average Bonchev–Trinajstić information content (AvgIpc) is 2.77. The van der Waals surface area contributed by atoms with Crippen molar-refractivity contribution in [2.24, 2.45) is 0 Å². The van der Waals surface area contributed by atoms with Crippen molar-refractivity contribution in [3.8, 4) is 0 Å². The summed E-state index contributed by atoms with van der Waals surface area (Å²) in [6.45, 7) is 1.56. The Morgan fingerprint density at radius 3 is 2.62 bits per heavy atom. The van der Waals surface area contributed by atoms with Gasteiger partial charge in [0.1, 0.15) is 17.9 Å². The molecule has 0 bridgehead atoms. The first-order valence-electron chi connectivity index (χ1n) is 6.48. The molecule has 2 N–H and O–H groups in total. The molecule has 2 aromatic rings. The number of aromatic nitrogens is 2. The van der Waals surface area contributed by atoms with Crippen LogP contribution in [-0.4, -0.2) is 38.3 Å². The molecule has 0 amide bonds. The highest BCUT2D eigenvalue weighted by Crippen LogP contribution is 2.27. The molecule has 1 aromatic carbocycles. The van der Waals surface area contributed by atoms with Crippen molar-refractivity contribution in [3.63, 3.8) is 0 Å². The number of halogens is 2. The summed E-state index contributed by atoms with van der Waals surface area (Å²) >= 11 is 0. The Labute approximate surface area is 119 Å². The van der Waals surface area contributed by atoms with Gasteiger partial charge in [0.05, 0.1) is 17.6 Å². The number of hydrogen-bond donors (Lipinski definition) is 2. The summed E-state index contributed by atoms with van der Waals surface area (Å²) in [5, 5.41) is 17.9. The summed E-state index contributed by atoms with van der Waals surface area (Å²) in [4.78, 5) is 15.4. The second-order valence-corrected chi connectivity index (χ2v) is 5.20. The number of rotatable bonds is 5. The number of carboxylic acid groups (broad SMARTS) is 1. The van der Waals surface area contributed by atoms with Gasteiger partial charge in [-0.1, -0.05) is 19.9 Å². The number of imidazole rings is 1. The van der Waals surface area contributed by atoms with Crippen molar-refractivity contribution in [3.05, 3.63) is 29.6 Å². The molecule has 114 valence electrons. The second-order valence-electron chi connectivity index (χ2n) is 5.20. The minimum Gasteiger partial charge on any atom is -0.478 e. The molecular formula is C14H16F2N2O3. The first-order chi connectivity index (χ1) is 9.76. The summed E-state index contributed by atoms with van der Waals surface area (Å²) < 4.78 is 28.3. The molecule has 0 saturated heterocycles. The molecule has 0 aliphatic rings. The van der Waals surface area contributed by atoms with Crippen LogP contribution in [0.3, 0.4) is 0 Å². The Morgan fingerprint density at radius 2 is 2.10 bits per heavy atom. The van der Waals surface area contributed by atoms with E-state index in [0.29, 0.717) is 11.3 Å². The zero-order valence-electron chi connectivity index (χ0n) is 11.7. The van der Waals surface area contributed by atoms with E-state index in [1.807, 2.05) is 0 Å². The number of aromatic carboxylic acids is 1. The largest absolute Gasteiger partial charge is 0.478 e. The number of aliphatic hydroxyl groups is 1. The second kappa shape index (κ2) is 5.40. The smallest absolute Gasteiger partial charge is 0.337 e. The normalized spacial score (nSPS) is 12.3. The maximum Gasteiger partial charge on any atom is 0.337 e. The number of carboxylic acids is 1. The molecular weight excluding hydrogens is 282 g/mol. The molecule has 0 saturated carbocycles. The highest BCUT2D eigenvalue weighted by atomic mass is 19.3. The monoisotopic (exact) mass is 298 g/mol.